The summed E-state index contributed by atoms with van der Waals surface area (Å²) in [6, 6.07) is 7.03. The molecule has 2 amide bonds. The van der Waals surface area contributed by atoms with Crippen LogP contribution in [-0.2, 0) is 32.4 Å². The Hall–Kier alpha value is -5.10. The largest absolute Gasteiger partial charge is 0.573 e. The molecule has 2 N–H and O–H groups in total. The van der Waals surface area contributed by atoms with E-state index in [0.717, 1.165) is 29.1 Å². The van der Waals surface area contributed by atoms with E-state index in [4.69, 9.17) is 0 Å². The van der Waals surface area contributed by atoms with Crippen LogP contribution in [-0.4, -0.2) is 59.3 Å². The minimum Gasteiger partial charge on any atom is -0.406 e. The molecular weight excluding hydrogens is 607 g/mol. The second-order valence-corrected chi connectivity index (χ2v) is 9.19. The standard InChI is InChI=1S/C25H22F7N9O3/c26-17(6-7-40-13-19(36-38-40)22(42)35-11-16-4-5-21(33-10-16)24(27,28)29)12-41-14-20(37-39-41)23(43)34-9-15-2-1-3-18(8-15)44-25(30,31)32/h1-5,8,10,13-14,17H,6-7,9,11-12H2,(H,34,43)(H,35,42). The van der Waals surface area contributed by atoms with E-state index < -0.39 is 42.0 Å². The first-order valence-corrected chi connectivity index (χ1v) is 12.6. The van der Waals surface area contributed by atoms with E-state index >= 15 is 0 Å². The third kappa shape index (κ3) is 9.46. The van der Waals surface area contributed by atoms with Crippen LogP contribution in [0.2, 0.25) is 0 Å². The molecule has 0 aliphatic rings. The van der Waals surface area contributed by atoms with Crippen LogP contribution in [0.15, 0.2) is 55.0 Å². The lowest BCUT2D eigenvalue weighted by atomic mass is 10.2. The number of carbonyl (C=O) groups is 2. The zero-order chi connectivity index (χ0) is 31.9. The number of benzene rings is 1. The van der Waals surface area contributed by atoms with Crippen molar-refractivity contribution in [2.45, 2.75) is 51.3 Å². The van der Waals surface area contributed by atoms with Crippen LogP contribution >= 0.6 is 0 Å². The number of amides is 2. The minimum atomic E-state index is -4.86. The Bertz CT molecular complexity index is 1570. The molecule has 19 heteroatoms. The fraction of sp³-hybridized carbons (Fsp3) is 0.320. The zero-order valence-corrected chi connectivity index (χ0v) is 22.3. The summed E-state index contributed by atoms with van der Waals surface area (Å²) in [6.45, 7) is -0.466. The molecule has 12 nitrogen and oxygen atoms in total. The van der Waals surface area contributed by atoms with Gasteiger partial charge in [0.05, 0.1) is 18.9 Å². The molecule has 0 fully saturated rings. The molecule has 1 unspecified atom stereocenters. The first kappa shape index (κ1) is 31.8. The SMILES string of the molecule is O=C(NCc1ccc(C(F)(F)F)nc1)c1cn(CCC(F)Cn2cc(C(=O)NCc3cccc(OC(F)(F)F)c3)nn2)nn1. The van der Waals surface area contributed by atoms with Gasteiger partial charge in [0.2, 0.25) is 0 Å². The summed E-state index contributed by atoms with van der Waals surface area (Å²) in [6.07, 6.45) is -7.49. The number of hydrogen-bond donors (Lipinski definition) is 2. The second-order valence-electron chi connectivity index (χ2n) is 9.19. The molecule has 1 atom stereocenters. The number of alkyl halides is 7. The topological polar surface area (TPSA) is 142 Å². The molecule has 234 valence electrons. The fourth-order valence-electron chi connectivity index (χ4n) is 3.67. The van der Waals surface area contributed by atoms with Gasteiger partial charge in [-0.05, 0) is 29.3 Å². The number of aryl methyl sites for hydroxylation is 1. The van der Waals surface area contributed by atoms with Crippen molar-refractivity contribution < 1.29 is 45.1 Å². The number of rotatable bonds is 12. The van der Waals surface area contributed by atoms with Crippen LogP contribution < -0.4 is 15.4 Å². The van der Waals surface area contributed by atoms with Crippen molar-refractivity contribution in [1.82, 2.24) is 45.6 Å². The van der Waals surface area contributed by atoms with Crippen molar-refractivity contribution in [2.24, 2.45) is 0 Å². The lowest BCUT2D eigenvalue weighted by Gasteiger charge is -2.10. The van der Waals surface area contributed by atoms with Crippen LogP contribution in [0.1, 0.15) is 44.2 Å². The molecule has 0 aliphatic heterocycles. The molecule has 0 bridgehead atoms. The molecule has 0 spiro atoms. The fourth-order valence-corrected chi connectivity index (χ4v) is 3.67. The summed E-state index contributed by atoms with van der Waals surface area (Å²) in [7, 11) is 0. The smallest absolute Gasteiger partial charge is 0.406 e. The van der Waals surface area contributed by atoms with E-state index in [0.29, 0.717) is 11.1 Å². The Morgan fingerprint density at radius 1 is 0.864 bits per heavy atom. The molecule has 0 radical (unpaired) electrons. The van der Waals surface area contributed by atoms with Gasteiger partial charge in [-0.3, -0.25) is 19.3 Å². The lowest BCUT2D eigenvalue weighted by Crippen LogP contribution is -2.23. The first-order valence-electron chi connectivity index (χ1n) is 12.6. The molecule has 0 saturated heterocycles. The molecule has 0 saturated carbocycles. The van der Waals surface area contributed by atoms with Crippen LogP contribution in [0.25, 0.3) is 0 Å². The molecule has 4 rings (SSSR count). The summed E-state index contributed by atoms with van der Waals surface area (Å²) >= 11 is 0. The van der Waals surface area contributed by atoms with Gasteiger partial charge >= 0.3 is 12.5 Å². The van der Waals surface area contributed by atoms with Gasteiger partial charge in [0.15, 0.2) is 11.4 Å². The third-order valence-corrected chi connectivity index (χ3v) is 5.75. The molecule has 3 heterocycles. The molecule has 1 aromatic carbocycles. The van der Waals surface area contributed by atoms with E-state index in [1.54, 1.807) is 0 Å². The van der Waals surface area contributed by atoms with E-state index in [9.17, 15) is 40.3 Å². The zero-order valence-electron chi connectivity index (χ0n) is 22.3. The van der Waals surface area contributed by atoms with Gasteiger partial charge in [-0.15, -0.1) is 23.4 Å². The van der Waals surface area contributed by atoms with Crippen LogP contribution in [0.4, 0.5) is 30.7 Å². The van der Waals surface area contributed by atoms with E-state index in [-0.39, 0.29) is 44.0 Å². The highest BCUT2D eigenvalue weighted by atomic mass is 19.4. The average Bonchev–Trinajstić information content (AvgIpc) is 3.63. The highest BCUT2D eigenvalue weighted by molar-refractivity contribution is 5.92. The van der Waals surface area contributed by atoms with Gasteiger partial charge in [0.1, 0.15) is 17.6 Å². The van der Waals surface area contributed by atoms with Crippen molar-refractivity contribution in [3.05, 3.63) is 83.2 Å². The van der Waals surface area contributed by atoms with Gasteiger partial charge in [0.25, 0.3) is 11.8 Å². The molecular formula is C25H22F7N9O3. The number of hydrogen-bond acceptors (Lipinski definition) is 8. The Kier molecular flexibility index (Phi) is 9.74. The van der Waals surface area contributed by atoms with Crippen molar-refractivity contribution in [3.8, 4) is 5.75 Å². The summed E-state index contributed by atoms with van der Waals surface area (Å²) in [5, 5.41) is 19.8. The van der Waals surface area contributed by atoms with E-state index in [1.165, 1.54) is 35.3 Å². The van der Waals surface area contributed by atoms with Gasteiger partial charge in [-0.25, -0.2) is 9.07 Å². The van der Waals surface area contributed by atoms with Crippen molar-refractivity contribution in [3.63, 3.8) is 0 Å². The lowest BCUT2D eigenvalue weighted by molar-refractivity contribution is -0.274. The van der Waals surface area contributed by atoms with Crippen LogP contribution in [0.3, 0.4) is 0 Å². The van der Waals surface area contributed by atoms with E-state index in [2.05, 4.69) is 41.0 Å². The predicted octanol–water partition coefficient (Wildman–Crippen LogP) is 3.47. The number of pyridine rings is 1. The summed E-state index contributed by atoms with van der Waals surface area (Å²) < 4.78 is 95.8. The number of carbonyl (C=O) groups excluding carboxylic acids is 2. The maximum atomic E-state index is 14.6. The summed E-state index contributed by atoms with van der Waals surface area (Å²) in [5.41, 5.74) is -0.623. The van der Waals surface area contributed by atoms with Crippen molar-refractivity contribution in [1.29, 1.82) is 0 Å². The number of nitrogens with zero attached hydrogens (tertiary/aromatic N) is 7. The number of aromatic nitrogens is 7. The number of ether oxygens (including phenoxy) is 1. The first-order chi connectivity index (χ1) is 20.7. The van der Waals surface area contributed by atoms with Crippen LogP contribution in [0.5, 0.6) is 5.75 Å². The molecule has 3 aromatic heterocycles. The normalized spacial score (nSPS) is 12.5. The maximum absolute atomic E-state index is 14.6. The van der Waals surface area contributed by atoms with Crippen LogP contribution in [0, 0.1) is 0 Å². The average molecular weight is 629 g/mol. The Balaban J connectivity index is 1.19. The Labute approximate surface area is 243 Å². The Morgan fingerprint density at radius 2 is 1.50 bits per heavy atom. The third-order valence-electron chi connectivity index (χ3n) is 5.75. The highest BCUT2D eigenvalue weighted by Crippen LogP contribution is 2.27. The molecule has 44 heavy (non-hydrogen) atoms. The maximum Gasteiger partial charge on any atom is 0.573 e. The van der Waals surface area contributed by atoms with Crippen molar-refractivity contribution >= 4 is 11.8 Å². The van der Waals surface area contributed by atoms with Crippen molar-refractivity contribution in [2.75, 3.05) is 0 Å². The predicted molar refractivity (Wildman–Crippen MR) is 134 cm³/mol. The monoisotopic (exact) mass is 629 g/mol. The van der Waals surface area contributed by atoms with Gasteiger partial charge in [0, 0.05) is 32.3 Å². The minimum absolute atomic E-state index is 0.0312. The van der Waals surface area contributed by atoms with Gasteiger partial charge in [-0.1, -0.05) is 28.6 Å². The van der Waals surface area contributed by atoms with Gasteiger partial charge < -0.3 is 15.4 Å². The number of nitrogens with one attached hydrogen (secondary N) is 2. The number of halogens is 7. The Morgan fingerprint density at radius 3 is 2.11 bits per heavy atom. The second kappa shape index (κ2) is 13.5. The quantitative estimate of drug-likeness (QED) is 0.227. The van der Waals surface area contributed by atoms with Gasteiger partial charge in [-0.2, -0.15) is 13.2 Å². The molecule has 0 aliphatic carbocycles. The molecule has 4 aromatic rings. The van der Waals surface area contributed by atoms with E-state index in [1.807, 2.05) is 0 Å². The highest BCUT2D eigenvalue weighted by Gasteiger charge is 2.32. The summed E-state index contributed by atoms with van der Waals surface area (Å²) in [5.74, 6) is -1.77. The summed E-state index contributed by atoms with van der Waals surface area (Å²) in [4.78, 5) is 27.9.